The molecule has 0 aliphatic heterocycles. The van der Waals surface area contributed by atoms with Gasteiger partial charge in [0.1, 0.15) is 0 Å². The first-order valence-electron chi connectivity index (χ1n) is 26.7. The smallest absolute Gasteiger partial charge is 0.550 e. The molecular weight excluding hydrogens is 890 g/mol. The molecule has 2 N–H and O–H groups in total. The molecule has 0 amide bonds. The van der Waals surface area contributed by atoms with Crippen LogP contribution >= 0.6 is 0 Å². The van der Waals surface area contributed by atoms with Gasteiger partial charge >= 0.3 is 19.5 Å². The van der Waals surface area contributed by atoms with Crippen molar-refractivity contribution in [1.29, 1.82) is 0 Å². The molecule has 8 fully saturated rings. The van der Waals surface area contributed by atoms with E-state index in [4.69, 9.17) is 0 Å². The van der Waals surface area contributed by atoms with Crippen molar-refractivity contribution in [1.82, 2.24) is 0 Å². The van der Waals surface area contributed by atoms with Gasteiger partial charge in [0.15, 0.2) is 11.6 Å². The first-order chi connectivity index (χ1) is 30.4. The van der Waals surface area contributed by atoms with E-state index in [0.29, 0.717) is 37.5 Å². The molecule has 8 nitrogen and oxygen atoms in total. The maximum absolute atomic E-state index is 14.1. The van der Waals surface area contributed by atoms with E-state index in [2.05, 4.69) is 83.1 Å². The topological polar surface area (TPSA) is 155 Å². The van der Waals surface area contributed by atoms with Crippen LogP contribution in [0.25, 0.3) is 0 Å². The first kappa shape index (κ1) is 51.7. The number of allylic oxidation sites excluding steroid dienone is 4. The number of hydrogen-bond donors (Lipinski definition) is 2. The van der Waals surface area contributed by atoms with Gasteiger partial charge < -0.3 is 30.0 Å². The molecule has 9 heteroatoms. The van der Waals surface area contributed by atoms with Gasteiger partial charge in [-0.3, -0.25) is 9.59 Å². The summed E-state index contributed by atoms with van der Waals surface area (Å²) >= 11 is 0. The molecule has 18 atom stereocenters. The van der Waals surface area contributed by atoms with Gasteiger partial charge in [0.2, 0.25) is 0 Å². The average molecular weight is 977 g/mol. The Hall–Kier alpha value is -1.70. The number of aliphatic hydroxyl groups excluding tert-OH is 2. The second-order valence-electron chi connectivity index (χ2n) is 28.3. The van der Waals surface area contributed by atoms with Crippen LogP contribution in [0, 0.1) is 101 Å². The molecule has 10 aliphatic rings. The van der Waals surface area contributed by atoms with Gasteiger partial charge in [0, 0.05) is 23.8 Å². The standard InChI is InChI=1S/2C29H44O4.Zn/c2*1-25(2)21-8-12-29(6)23(27(21,4)11-9-22(25)31)20(30)16-19-18-15-17(24(32)33)7-10-26(18,3)13-14-28(19,29)5;/h2*16-18,21-23,31H,7-15H2,1-6H3,(H,32,33);/q;;+2/p-2. The summed E-state index contributed by atoms with van der Waals surface area (Å²) in [6.07, 6.45) is 19.6. The maximum Gasteiger partial charge on any atom is 2.00 e. The summed E-state index contributed by atoms with van der Waals surface area (Å²) in [6.45, 7) is 27.7. The molecule has 0 aromatic heterocycles. The molecule has 0 aromatic carbocycles. The number of rotatable bonds is 2. The van der Waals surface area contributed by atoms with Gasteiger partial charge in [0.25, 0.3) is 0 Å². The number of ketones is 2. The summed E-state index contributed by atoms with van der Waals surface area (Å²) < 4.78 is 0. The predicted octanol–water partition coefficient (Wildman–Crippen LogP) is 9.37. The Labute approximate surface area is 416 Å². The third-order valence-corrected chi connectivity index (χ3v) is 25.1. The van der Waals surface area contributed by atoms with Crippen molar-refractivity contribution in [2.75, 3.05) is 0 Å². The summed E-state index contributed by atoms with van der Waals surface area (Å²) in [7, 11) is 0. The van der Waals surface area contributed by atoms with Crippen molar-refractivity contribution in [3.63, 3.8) is 0 Å². The summed E-state index contributed by atoms with van der Waals surface area (Å²) in [6, 6.07) is 0. The zero-order chi connectivity index (χ0) is 48.4. The van der Waals surface area contributed by atoms with Crippen LogP contribution in [0.4, 0.5) is 0 Å². The van der Waals surface area contributed by atoms with Crippen LogP contribution in [0.5, 0.6) is 0 Å². The molecule has 18 unspecified atom stereocenters. The Bertz CT molecular complexity index is 1990. The SMILES string of the molecule is CC12CCC(C(=O)[O-])CC1C1=CC(=O)C3C4(C)CCC(O)C(C)(C)C4CCC3(C)C1(C)CC2.CC12CCC(C(=O)[O-])CC1C1=CC(=O)C3C4(C)CCC(O)C(C)(C)C4CCC3(C)C1(C)CC2.[Zn+2]. The number of aliphatic carboxylic acids is 2. The molecule has 67 heavy (non-hydrogen) atoms. The summed E-state index contributed by atoms with van der Waals surface area (Å²) in [5, 5.41) is 45.3. The first-order valence-corrected chi connectivity index (χ1v) is 26.7. The van der Waals surface area contributed by atoms with E-state index in [-0.39, 0.29) is 121 Å². The second kappa shape index (κ2) is 16.2. The molecule has 10 aliphatic carbocycles. The zero-order valence-corrected chi connectivity index (χ0v) is 46.7. The molecule has 0 radical (unpaired) electrons. The third kappa shape index (κ3) is 6.89. The molecule has 0 heterocycles. The molecule has 10 rings (SSSR count). The van der Waals surface area contributed by atoms with Crippen LogP contribution in [0.1, 0.15) is 199 Å². The monoisotopic (exact) mass is 975 g/mol. The number of carboxylic acid groups (broad SMARTS) is 2. The Morgan fingerprint density at radius 3 is 1.16 bits per heavy atom. The predicted molar refractivity (Wildman–Crippen MR) is 252 cm³/mol. The number of carboxylic acids is 2. The fourth-order valence-electron chi connectivity index (χ4n) is 20.5. The van der Waals surface area contributed by atoms with Crippen molar-refractivity contribution in [2.45, 2.75) is 211 Å². The maximum atomic E-state index is 14.1. The Morgan fingerprint density at radius 2 is 0.836 bits per heavy atom. The quantitative estimate of drug-likeness (QED) is 0.260. The van der Waals surface area contributed by atoms with E-state index >= 15 is 0 Å². The number of fused-ring (bicyclic) bond motifs is 14. The molecule has 368 valence electrons. The minimum Gasteiger partial charge on any atom is -0.550 e. The van der Waals surface area contributed by atoms with Gasteiger partial charge in [-0.2, -0.15) is 0 Å². The number of carbonyl (C=O) groups excluding carboxylic acids is 4. The average Bonchev–Trinajstić information content (AvgIpc) is 3.22. The van der Waals surface area contributed by atoms with Crippen molar-refractivity contribution in [3.05, 3.63) is 23.3 Å². The summed E-state index contributed by atoms with van der Waals surface area (Å²) in [5.41, 5.74) is 1.64. The zero-order valence-electron chi connectivity index (χ0n) is 43.7. The van der Waals surface area contributed by atoms with Crippen LogP contribution < -0.4 is 10.2 Å². The fourth-order valence-corrected chi connectivity index (χ4v) is 20.5. The van der Waals surface area contributed by atoms with E-state index in [9.17, 15) is 39.6 Å². The Balaban J connectivity index is 0.000000179. The Morgan fingerprint density at radius 1 is 0.493 bits per heavy atom. The Kier molecular flexibility index (Phi) is 12.5. The van der Waals surface area contributed by atoms with Gasteiger partial charge in [-0.05, 0) is 217 Å². The largest absolute Gasteiger partial charge is 2.00 e. The van der Waals surface area contributed by atoms with Crippen molar-refractivity contribution >= 4 is 23.5 Å². The number of hydrogen-bond acceptors (Lipinski definition) is 8. The molecule has 8 saturated carbocycles. The van der Waals surface area contributed by atoms with Crippen LogP contribution in [-0.2, 0) is 38.7 Å². The van der Waals surface area contributed by atoms with Crippen LogP contribution in [0.2, 0.25) is 0 Å². The summed E-state index contributed by atoms with van der Waals surface area (Å²) in [5.74, 6) is -1.20. The van der Waals surface area contributed by atoms with Crippen LogP contribution in [0.3, 0.4) is 0 Å². The number of carbonyl (C=O) groups is 4. The van der Waals surface area contributed by atoms with E-state index in [1.807, 2.05) is 12.2 Å². The minimum absolute atomic E-state index is 0. The van der Waals surface area contributed by atoms with Crippen LogP contribution in [0.15, 0.2) is 23.3 Å². The molecule has 0 spiro atoms. The molecule has 0 saturated heterocycles. The second-order valence-corrected chi connectivity index (χ2v) is 28.3. The van der Waals surface area contributed by atoms with Gasteiger partial charge in [-0.1, -0.05) is 94.2 Å². The van der Waals surface area contributed by atoms with E-state index in [1.54, 1.807) is 0 Å². The molecular formula is C58H86O8Zn. The molecule has 0 bridgehead atoms. The van der Waals surface area contributed by atoms with Gasteiger partial charge in [0.05, 0.1) is 12.2 Å². The molecule has 0 aromatic rings. The fraction of sp³-hybridized carbons (Fsp3) is 0.862. The normalized spacial score (nSPS) is 52.3. The minimum atomic E-state index is -0.924. The van der Waals surface area contributed by atoms with Gasteiger partial charge in [-0.15, -0.1) is 0 Å². The van der Waals surface area contributed by atoms with Crippen molar-refractivity contribution < 1.29 is 59.1 Å². The van der Waals surface area contributed by atoms with Crippen molar-refractivity contribution in [2.24, 2.45) is 101 Å². The van der Waals surface area contributed by atoms with Crippen molar-refractivity contribution in [3.8, 4) is 0 Å². The van der Waals surface area contributed by atoms with E-state index < -0.39 is 23.8 Å². The van der Waals surface area contributed by atoms with E-state index in [1.165, 1.54) is 11.1 Å². The summed E-state index contributed by atoms with van der Waals surface area (Å²) in [4.78, 5) is 51.8. The van der Waals surface area contributed by atoms with E-state index in [0.717, 1.165) is 89.9 Å². The van der Waals surface area contributed by atoms with Gasteiger partial charge in [-0.25, -0.2) is 0 Å². The third-order valence-electron chi connectivity index (χ3n) is 25.1. The van der Waals surface area contributed by atoms with Crippen LogP contribution in [-0.4, -0.2) is 45.9 Å². The number of aliphatic hydroxyl groups is 2.